The first-order valence-corrected chi connectivity index (χ1v) is 6.57. The molecular formula is C9H17N5O3S. The van der Waals surface area contributed by atoms with Crippen LogP contribution in [0.1, 0.15) is 12.8 Å². The maximum atomic E-state index is 11.2. The van der Waals surface area contributed by atoms with E-state index in [2.05, 4.69) is 15.3 Å². The number of carbonyl (C=O) groups excluding carboxylic acids is 1. The normalized spacial score (nSPS) is 11.4. The molecule has 0 aromatic carbocycles. The third-order valence-corrected chi connectivity index (χ3v) is 3.08. The summed E-state index contributed by atoms with van der Waals surface area (Å²) in [6, 6.07) is -0.854. The van der Waals surface area contributed by atoms with Crippen molar-refractivity contribution in [2.75, 3.05) is 24.6 Å². The van der Waals surface area contributed by atoms with Gasteiger partial charge in [-0.25, -0.2) is 0 Å². The number of hydrogen-bond acceptors (Lipinski definition) is 5. The molecule has 0 heterocycles. The zero-order valence-corrected chi connectivity index (χ0v) is 10.7. The van der Waals surface area contributed by atoms with Crippen LogP contribution in [0.15, 0.2) is 5.11 Å². The van der Waals surface area contributed by atoms with Crippen LogP contribution in [0.4, 0.5) is 0 Å². The highest BCUT2D eigenvalue weighted by atomic mass is 32.2. The van der Waals surface area contributed by atoms with Gasteiger partial charge in [-0.15, -0.1) is 0 Å². The van der Waals surface area contributed by atoms with E-state index in [4.69, 9.17) is 16.4 Å². The molecule has 0 rings (SSSR count). The molecule has 0 spiro atoms. The Kier molecular flexibility index (Phi) is 9.84. The molecule has 0 bridgehead atoms. The van der Waals surface area contributed by atoms with E-state index >= 15 is 0 Å². The van der Waals surface area contributed by atoms with Crippen LogP contribution in [-0.2, 0) is 9.59 Å². The molecule has 0 saturated heterocycles. The largest absolute Gasteiger partial charge is 0.480 e. The van der Waals surface area contributed by atoms with Crippen LogP contribution < -0.4 is 11.1 Å². The fourth-order valence-electron chi connectivity index (χ4n) is 0.995. The Hall–Kier alpha value is -1.44. The summed E-state index contributed by atoms with van der Waals surface area (Å²) in [7, 11) is 0. The van der Waals surface area contributed by atoms with Crippen LogP contribution in [0, 0.1) is 0 Å². The minimum Gasteiger partial charge on any atom is -0.480 e. The van der Waals surface area contributed by atoms with E-state index in [1.54, 1.807) is 0 Å². The van der Waals surface area contributed by atoms with Crippen molar-refractivity contribution in [1.82, 2.24) is 5.32 Å². The zero-order valence-electron chi connectivity index (χ0n) is 9.91. The number of nitrogens with two attached hydrogens (primary N) is 1. The fraction of sp³-hybridized carbons (Fsp3) is 0.778. The van der Waals surface area contributed by atoms with Crippen LogP contribution in [-0.4, -0.2) is 47.6 Å². The Labute approximate surface area is 109 Å². The first kappa shape index (κ1) is 16.6. The lowest BCUT2D eigenvalue weighted by Crippen LogP contribution is -2.32. The molecule has 0 aliphatic rings. The van der Waals surface area contributed by atoms with Crippen molar-refractivity contribution in [3.8, 4) is 0 Å². The Balaban J connectivity index is 3.40. The Bertz CT molecular complexity index is 319. The van der Waals surface area contributed by atoms with E-state index in [0.29, 0.717) is 30.9 Å². The molecular weight excluding hydrogens is 258 g/mol. The average molecular weight is 275 g/mol. The highest BCUT2D eigenvalue weighted by Crippen LogP contribution is 2.05. The highest BCUT2D eigenvalue weighted by molar-refractivity contribution is 7.99. The van der Waals surface area contributed by atoms with Gasteiger partial charge in [0.25, 0.3) is 0 Å². The second-order valence-corrected chi connectivity index (χ2v) is 4.58. The van der Waals surface area contributed by atoms with Gasteiger partial charge in [0.15, 0.2) is 0 Å². The van der Waals surface area contributed by atoms with Crippen molar-refractivity contribution in [2.45, 2.75) is 18.9 Å². The summed E-state index contributed by atoms with van der Waals surface area (Å²) in [6.45, 7) is 0.574. The predicted octanol–water partition coefficient (Wildman–Crippen LogP) is 0.338. The third kappa shape index (κ3) is 9.76. The number of nitrogens with zero attached hydrogens (tertiary/aromatic N) is 3. The average Bonchev–Trinajstić information content (AvgIpc) is 2.33. The maximum Gasteiger partial charge on any atom is 0.321 e. The van der Waals surface area contributed by atoms with Crippen LogP contribution in [0.5, 0.6) is 0 Å². The quantitative estimate of drug-likeness (QED) is 0.228. The van der Waals surface area contributed by atoms with Crippen molar-refractivity contribution in [3.63, 3.8) is 0 Å². The second-order valence-electron chi connectivity index (χ2n) is 3.43. The lowest BCUT2D eigenvalue weighted by Gasteiger charge is -2.06. The number of azide groups is 1. The molecule has 0 aliphatic carbocycles. The van der Waals surface area contributed by atoms with Crippen molar-refractivity contribution >= 4 is 23.6 Å². The summed E-state index contributed by atoms with van der Waals surface area (Å²) in [5.41, 5.74) is 13.3. The molecule has 1 amide bonds. The molecule has 0 saturated carbocycles. The molecule has 0 unspecified atom stereocenters. The van der Waals surface area contributed by atoms with E-state index < -0.39 is 12.0 Å². The summed E-state index contributed by atoms with van der Waals surface area (Å²) in [4.78, 5) is 24.2. The Morgan fingerprint density at radius 3 is 2.89 bits per heavy atom. The van der Waals surface area contributed by atoms with E-state index in [0.717, 1.165) is 0 Å². The van der Waals surface area contributed by atoms with Gasteiger partial charge in [0, 0.05) is 30.2 Å². The number of amides is 1. The van der Waals surface area contributed by atoms with Gasteiger partial charge in [0.05, 0.1) is 0 Å². The lowest BCUT2D eigenvalue weighted by molar-refractivity contribution is -0.137. The first-order chi connectivity index (χ1) is 8.57. The van der Waals surface area contributed by atoms with E-state index in [1.807, 2.05) is 0 Å². The van der Waals surface area contributed by atoms with E-state index in [-0.39, 0.29) is 12.5 Å². The first-order valence-electron chi connectivity index (χ1n) is 5.41. The van der Waals surface area contributed by atoms with Gasteiger partial charge in [-0.1, -0.05) is 5.11 Å². The monoisotopic (exact) mass is 275 g/mol. The number of thioether (sulfide) groups is 1. The number of hydrogen-bond donors (Lipinski definition) is 3. The van der Waals surface area contributed by atoms with Crippen molar-refractivity contribution in [1.29, 1.82) is 0 Å². The number of nitrogens with one attached hydrogen (secondary N) is 1. The summed E-state index contributed by atoms with van der Waals surface area (Å²) in [5.74, 6) is -0.0944. The zero-order chi connectivity index (χ0) is 13.8. The van der Waals surface area contributed by atoms with Crippen LogP contribution in [0.25, 0.3) is 10.4 Å². The highest BCUT2D eigenvalue weighted by Gasteiger charge is 2.10. The van der Waals surface area contributed by atoms with Crippen LogP contribution >= 0.6 is 11.8 Å². The molecule has 102 valence electrons. The van der Waals surface area contributed by atoms with Crippen LogP contribution in [0.2, 0.25) is 0 Å². The number of aliphatic carboxylic acids is 1. The molecule has 8 nitrogen and oxygen atoms in total. The molecule has 0 aromatic rings. The summed E-state index contributed by atoms with van der Waals surface area (Å²) < 4.78 is 0. The molecule has 18 heavy (non-hydrogen) atoms. The van der Waals surface area contributed by atoms with Crippen molar-refractivity contribution in [2.24, 2.45) is 10.8 Å². The number of carboxylic acids is 1. The fourth-order valence-corrected chi connectivity index (χ4v) is 1.91. The number of carbonyl (C=O) groups is 2. The van der Waals surface area contributed by atoms with Gasteiger partial charge < -0.3 is 16.2 Å². The minimum absolute atomic E-state index is 0.105. The molecule has 0 aromatic heterocycles. The van der Waals surface area contributed by atoms with Gasteiger partial charge in [-0.2, -0.15) is 11.8 Å². The molecule has 0 fully saturated rings. The van der Waals surface area contributed by atoms with Crippen molar-refractivity contribution < 1.29 is 14.7 Å². The standard InChI is InChI=1S/C9H17N5O3S/c10-7(9(16)17)6-18-5-1-2-8(15)12-3-4-13-14-11/h7H,1-6,10H2,(H,12,15)(H,16,17)/t7-/m0/s1. The SMILES string of the molecule is [N-]=[N+]=NCCNC(=O)CCCSC[C@H](N)C(=O)O. The van der Waals surface area contributed by atoms with Crippen LogP contribution in [0.3, 0.4) is 0 Å². The Morgan fingerprint density at radius 2 is 2.28 bits per heavy atom. The number of rotatable bonds is 10. The van der Waals surface area contributed by atoms with Gasteiger partial charge in [0.2, 0.25) is 5.91 Å². The summed E-state index contributed by atoms with van der Waals surface area (Å²) in [6.07, 6.45) is 1.02. The summed E-state index contributed by atoms with van der Waals surface area (Å²) in [5, 5.41) is 14.4. The smallest absolute Gasteiger partial charge is 0.321 e. The molecule has 0 radical (unpaired) electrons. The molecule has 1 atom stereocenters. The van der Waals surface area contributed by atoms with Gasteiger partial charge in [-0.3, -0.25) is 9.59 Å². The molecule has 9 heteroatoms. The van der Waals surface area contributed by atoms with E-state index in [9.17, 15) is 9.59 Å². The van der Waals surface area contributed by atoms with Gasteiger partial charge in [0.1, 0.15) is 6.04 Å². The van der Waals surface area contributed by atoms with Crippen molar-refractivity contribution in [3.05, 3.63) is 10.4 Å². The van der Waals surface area contributed by atoms with E-state index in [1.165, 1.54) is 11.8 Å². The van der Waals surface area contributed by atoms with Gasteiger partial charge in [-0.05, 0) is 17.7 Å². The predicted molar refractivity (Wildman–Crippen MR) is 69.2 cm³/mol. The minimum atomic E-state index is -1.02. The van der Waals surface area contributed by atoms with Gasteiger partial charge >= 0.3 is 5.97 Å². The maximum absolute atomic E-state index is 11.2. The molecule has 4 N–H and O–H groups in total. The molecule has 0 aliphatic heterocycles. The topological polar surface area (TPSA) is 141 Å². The summed E-state index contributed by atoms with van der Waals surface area (Å²) >= 11 is 1.41. The lowest BCUT2D eigenvalue weighted by atomic mass is 10.3. The Morgan fingerprint density at radius 1 is 1.56 bits per heavy atom. The third-order valence-electron chi connectivity index (χ3n) is 1.90. The second kappa shape index (κ2) is 10.7. The number of carboxylic acid groups (broad SMARTS) is 1.